The van der Waals surface area contributed by atoms with Crippen LogP contribution < -0.4 is 0 Å². The van der Waals surface area contributed by atoms with Gasteiger partial charge in [-0.25, -0.2) is 0 Å². The first-order valence-corrected chi connectivity index (χ1v) is 13.1. The number of rotatable bonds is 8. The van der Waals surface area contributed by atoms with Gasteiger partial charge in [0.15, 0.2) is 0 Å². The molecule has 2 aromatic rings. The van der Waals surface area contributed by atoms with E-state index >= 15 is 0 Å². The highest BCUT2D eigenvalue weighted by atomic mass is 16.7. The van der Waals surface area contributed by atoms with E-state index in [2.05, 4.69) is 116 Å². The van der Waals surface area contributed by atoms with Gasteiger partial charge in [-0.3, -0.25) is 0 Å². The highest BCUT2D eigenvalue weighted by Gasteiger charge is 2.61. The second-order valence-electron chi connectivity index (χ2n) is 12.2. The van der Waals surface area contributed by atoms with E-state index in [4.69, 9.17) is 18.6 Å². The fourth-order valence-electron chi connectivity index (χ4n) is 4.98. The first kappa shape index (κ1) is 26.5. The zero-order chi connectivity index (χ0) is 25.5. The van der Waals surface area contributed by atoms with Crippen LogP contribution in [0.15, 0.2) is 60.7 Å². The zero-order valence-electron chi connectivity index (χ0n) is 22.8. The van der Waals surface area contributed by atoms with Gasteiger partial charge in [-0.15, -0.1) is 0 Å². The second kappa shape index (κ2) is 9.70. The second-order valence-corrected chi connectivity index (χ2v) is 12.2. The van der Waals surface area contributed by atoms with Crippen molar-refractivity contribution in [1.82, 2.24) is 0 Å². The standard InChI is InChI=1S/C29H42B2O4/c1-26(2)27(3,4)33-30(32-26)25(31-34-28(5,6)29(7,8)35-31)21-15-20-24(22-16-11-9-12-17-22)23-18-13-10-14-19-23/h9-14,16-19,24-25H,15,20-21H2,1-8H3. The Morgan fingerprint density at radius 3 is 1.23 bits per heavy atom. The van der Waals surface area contributed by atoms with Crippen molar-refractivity contribution in [3.8, 4) is 0 Å². The SMILES string of the molecule is CC1(C)OB(C(CCCC(c2ccccc2)c2ccccc2)B2OC(C)(C)C(C)(C)O2)OC1(C)C. The molecule has 0 N–H and O–H groups in total. The normalized spacial score (nSPS) is 22.3. The topological polar surface area (TPSA) is 36.9 Å². The molecule has 0 bridgehead atoms. The molecule has 0 atom stereocenters. The van der Waals surface area contributed by atoms with Crippen LogP contribution in [0.2, 0.25) is 5.72 Å². The summed E-state index contributed by atoms with van der Waals surface area (Å²) in [5.41, 5.74) is 1.10. The lowest BCUT2D eigenvalue weighted by molar-refractivity contribution is 0.00578. The highest BCUT2D eigenvalue weighted by Crippen LogP contribution is 2.47. The molecule has 2 aromatic carbocycles. The van der Waals surface area contributed by atoms with Gasteiger partial charge in [-0.1, -0.05) is 73.5 Å². The van der Waals surface area contributed by atoms with E-state index in [1.807, 2.05) is 0 Å². The molecule has 0 unspecified atom stereocenters. The Kier molecular flexibility index (Phi) is 7.34. The molecule has 0 aliphatic carbocycles. The lowest BCUT2D eigenvalue weighted by atomic mass is 9.50. The summed E-state index contributed by atoms with van der Waals surface area (Å²) < 4.78 is 26.1. The molecule has 2 saturated heterocycles. The maximum Gasteiger partial charge on any atom is 0.458 e. The van der Waals surface area contributed by atoms with Gasteiger partial charge in [0, 0.05) is 11.6 Å². The van der Waals surface area contributed by atoms with Gasteiger partial charge >= 0.3 is 14.2 Å². The van der Waals surface area contributed by atoms with Crippen LogP contribution in [0.4, 0.5) is 0 Å². The molecule has 2 aliphatic rings. The van der Waals surface area contributed by atoms with Gasteiger partial charge in [0.05, 0.1) is 22.4 Å². The molecule has 0 radical (unpaired) electrons. The maximum atomic E-state index is 6.52. The van der Waals surface area contributed by atoms with Gasteiger partial charge < -0.3 is 18.6 Å². The summed E-state index contributed by atoms with van der Waals surface area (Å²) in [5, 5.41) is 0. The van der Waals surface area contributed by atoms with Crippen molar-refractivity contribution >= 4 is 14.2 Å². The van der Waals surface area contributed by atoms with E-state index in [9.17, 15) is 0 Å². The molecule has 0 amide bonds. The van der Waals surface area contributed by atoms with Crippen molar-refractivity contribution < 1.29 is 18.6 Å². The Morgan fingerprint density at radius 2 is 0.886 bits per heavy atom. The first-order valence-electron chi connectivity index (χ1n) is 13.1. The number of hydrogen-bond donors (Lipinski definition) is 0. The minimum absolute atomic E-state index is 0.0238. The Balaban J connectivity index is 1.54. The van der Waals surface area contributed by atoms with Crippen molar-refractivity contribution in [3.63, 3.8) is 0 Å². The van der Waals surface area contributed by atoms with Crippen LogP contribution >= 0.6 is 0 Å². The van der Waals surface area contributed by atoms with Gasteiger partial charge in [0.25, 0.3) is 0 Å². The Labute approximate surface area is 213 Å². The van der Waals surface area contributed by atoms with Crippen LogP contribution in [0.3, 0.4) is 0 Å². The summed E-state index contributed by atoms with van der Waals surface area (Å²) in [6.45, 7) is 16.9. The van der Waals surface area contributed by atoms with E-state index in [0.717, 1.165) is 19.3 Å². The summed E-state index contributed by atoms with van der Waals surface area (Å²) in [7, 11) is -0.747. The number of hydrogen-bond acceptors (Lipinski definition) is 4. The molecule has 188 valence electrons. The van der Waals surface area contributed by atoms with Gasteiger partial charge in [0.2, 0.25) is 0 Å². The summed E-state index contributed by atoms with van der Waals surface area (Å²) in [6.07, 6.45) is 2.93. The summed E-state index contributed by atoms with van der Waals surface area (Å²) >= 11 is 0. The van der Waals surface area contributed by atoms with Crippen molar-refractivity contribution in [2.24, 2.45) is 0 Å². The lowest BCUT2D eigenvalue weighted by Crippen LogP contribution is -2.41. The molecule has 2 fully saturated rings. The third-order valence-corrected chi connectivity index (χ3v) is 8.68. The smallest absolute Gasteiger partial charge is 0.403 e. The molecule has 0 aromatic heterocycles. The predicted molar refractivity (Wildman–Crippen MR) is 144 cm³/mol. The monoisotopic (exact) mass is 476 g/mol. The molecular weight excluding hydrogens is 434 g/mol. The molecule has 2 heterocycles. The van der Waals surface area contributed by atoms with Crippen LogP contribution in [-0.4, -0.2) is 36.6 Å². The van der Waals surface area contributed by atoms with E-state index in [1.54, 1.807) is 0 Å². The quantitative estimate of drug-likeness (QED) is 0.382. The molecule has 0 spiro atoms. The van der Waals surface area contributed by atoms with Gasteiger partial charge in [-0.2, -0.15) is 0 Å². The third kappa shape index (κ3) is 5.41. The van der Waals surface area contributed by atoms with Crippen LogP contribution in [0.5, 0.6) is 0 Å². The van der Waals surface area contributed by atoms with Gasteiger partial charge in [0.1, 0.15) is 0 Å². The fourth-order valence-corrected chi connectivity index (χ4v) is 4.98. The predicted octanol–water partition coefficient (Wildman–Crippen LogP) is 7.08. The summed E-state index contributed by atoms with van der Waals surface area (Å²) in [6, 6.07) is 21.6. The van der Waals surface area contributed by atoms with Crippen LogP contribution in [-0.2, 0) is 18.6 Å². The summed E-state index contributed by atoms with van der Waals surface area (Å²) in [5.74, 6) is 0.342. The molecule has 35 heavy (non-hydrogen) atoms. The molecule has 4 rings (SSSR count). The van der Waals surface area contributed by atoms with Crippen molar-refractivity contribution in [2.45, 2.75) is 109 Å². The first-order chi connectivity index (χ1) is 16.3. The molecule has 4 nitrogen and oxygen atoms in total. The minimum Gasteiger partial charge on any atom is -0.403 e. The zero-order valence-corrected chi connectivity index (χ0v) is 22.8. The largest absolute Gasteiger partial charge is 0.458 e. The average Bonchev–Trinajstić information content (AvgIpc) is 3.14. The van der Waals surface area contributed by atoms with Crippen LogP contribution in [0.25, 0.3) is 0 Å². The lowest BCUT2D eigenvalue weighted by Gasteiger charge is -2.32. The van der Waals surface area contributed by atoms with Crippen molar-refractivity contribution in [3.05, 3.63) is 71.8 Å². The molecule has 0 saturated carbocycles. The van der Waals surface area contributed by atoms with Crippen molar-refractivity contribution in [1.29, 1.82) is 0 Å². The van der Waals surface area contributed by atoms with E-state index in [-0.39, 0.29) is 20.0 Å². The third-order valence-electron chi connectivity index (χ3n) is 8.68. The van der Waals surface area contributed by atoms with Crippen molar-refractivity contribution in [2.75, 3.05) is 0 Å². The fraction of sp³-hybridized carbons (Fsp3) is 0.586. The summed E-state index contributed by atoms with van der Waals surface area (Å²) in [4.78, 5) is 0. The maximum absolute atomic E-state index is 6.52. The minimum atomic E-state index is -0.393. The van der Waals surface area contributed by atoms with Crippen LogP contribution in [0, 0.1) is 0 Å². The van der Waals surface area contributed by atoms with Crippen LogP contribution in [0.1, 0.15) is 91.7 Å². The average molecular weight is 476 g/mol. The van der Waals surface area contributed by atoms with Gasteiger partial charge in [-0.05, 0) is 72.9 Å². The molecule has 6 heteroatoms. The molecular formula is C29H42B2O4. The Bertz CT molecular complexity index is 867. The highest BCUT2D eigenvalue weighted by molar-refractivity contribution is 6.68. The molecule has 2 aliphatic heterocycles. The Morgan fingerprint density at radius 1 is 0.543 bits per heavy atom. The number of benzene rings is 2. The van der Waals surface area contributed by atoms with E-state index in [0.29, 0.717) is 5.92 Å². The van der Waals surface area contributed by atoms with E-state index < -0.39 is 22.4 Å². The van der Waals surface area contributed by atoms with E-state index in [1.165, 1.54) is 11.1 Å². The Hall–Kier alpha value is -1.59.